The molecule has 0 saturated heterocycles. The third kappa shape index (κ3) is 5.00. The van der Waals surface area contributed by atoms with Gasteiger partial charge in [-0.3, -0.25) is 4.79 Å². The Labute approximate surface area is 147 Å². The van der Waals surface area contributed by atoms with Crippen molar-refractivity contribution >= 4 is 29.2 Å². The average Bonchev–Trinajstić information content (AvgIpc) is 3.00. The standard InChI is InChI=1S/C17H23Cl2NO3/c1-10(20)17(21)22-11(2)16(12-5-3-4-6-12)23-15-8-7-13(18)9-14(15)19/h7-12,16H,3-6,20H2,1-2H3/t10-,11-,16-/m0/s1. The van der Waals surface area contributed by atoms with Gasteiger partial charge in [0.1, 0.15) is 24.0 Å². The molecule has 0 aromatic heterocycles. The molecule has 1 saturated carbocycles. The topological polar surface area (TPSA) is 61.6 Å². The number of hydrogen-bond acceptors (Lipinski definition) is 4. The first-order valence-electron chi connectivity index (χ1n) is 7.96. The van der Waals surface area contributed by atoms with Gasteiger partial charge in [0.25, 0.3) is 0 Å². The van der Waals surface area contributed by atoms with Gasteiger partial charge in [0.15, 0.2) is 0 Å². The number of esters is 1. The van der Waals surface area contributed by atoms with Crippen molar-refractivity contribution in [2.75, 3.05) is 0 Å². The van der Waals surface area contributed by atoms with Crippen LogP contribution in [0.25, 0.3) is 0 Å². The zero-order chi connectivity index (χ0) is 17.0. The van der Waals surface area contributed by atoms with Crippen molar-refractivity contribution in [2.45, 2.75) is 57.8 Å². The molecule has 4 nitrogen and oxygen atoms in total. The molecule has 23 heavy (non-hydrogen) atoms. The summed E-state index contributed by atoms with van der Waals surface area (Å²) in [6.45, 7) is 3.45. The van der Waals surface area contributed by atoms with E-state index in [2.05, 4.69) is 0 Å². The van der Waals surface area contributed by atoms with Crippen LogP contribution in [0, 0.1) is 5.92 Å². The largest absolute Gasteiger partial charge is 0.485 e. The number of rotatable bonds is 6. The number of halogens is 2. The fourth-order valence-corrected chi connectivity index (χ4v) is 3.39. The molecule has 1 aliphatic rings. The maximum absolute atomic E-state index is 11.8. The second-order valence-corrected chi connectivity index (χ2v) is 6.98. The quantitative estimate of drug-likeness (QED) is 0.772. The molecule has 0 bridgehead atoms. The van der Waals surface area contributed by atoms with Crippen molar-refractivity contribution < 1.29 is 14.3 Å². The minimum Gasteiger partial charge on any atom is -0.485 e. The van der Waals surface area contributed by atoms with Crippen LogP contribution in [-0.4, -0.2) is 24.2 Å². The molecule has 0 amide bonds. The molecule has 0 radical (unpaired) electrons. The molecule has 2 N–H and O–H groups in total. The molecular formula is C17H23Cl2NO3. The summed E-state index contributed by atoms with van der Waals surface area (Å²) in [6.07, 6.45) is 3.77. The second-order valence-electron chi connectivity index (χ2n) is 6.13. The number of carbonyl (C=O) groups excluding carboxylic acids is 1. The third-order valence-electron chi connectivity index (χ3n) is 4.16. The molecule has 0 spiro atoms. The highest BCUT2D eigenvalue weighted by molar-refractivity contribution is 6.35. The van der Waals surface area contributed by atoms with Crippen molar-refractivity contribution in [2.24, 2.45) is 11.7 Å². The van der Waals surface area contributed by atoms with E-state index in [1.165, 1.54) is 0 Å². The summed E-state index contributed by atoms with van der Waals surface area (Å²) in [5.74, 6) is 0.459. The van der Waals surface area contributed by atoms with Gasteiger partial charge in [-0.25, -0.2) is 0 Å². The monoisotopic (exact) mass is 359 g/mol. The van der Waals surface area contributed by atoms with Gasteiger partial charge in [-0.2, -0.15) is 0 Å². The van der Waals surface area contributed by atoms with E-state index in [9.17, 15) is 4.79 Å². The molecule has 0 aliphatic heterocycles. The van der Waals surface area contributed by atoms with E-state index in [1.807, 2.05) is 6.92 Å². The highest BCUT2D eigenvalue weighted by Gasteiger charge is 2.34. The summed E-state index contributed by atoms with van der Waals surface area (Å²) in [5.41, 5.74) is 5.58. The summed E-state index contributed by atoms with van der Waals surface area (Å²) < 4.78 is 11.6. The molecular weight excluding hydrogens is 337 g/mol. The number of carbonyl (C=O) groups is 1. The number of benzene rings is 1. The zero-order valence-corrected chi connectivity index (χ0v) is 14.9. The molecule has 1 aromatic carbocycles. The lowest BCUT2D eigenvalue weighted by Gasteiger charge is -2.30. The molecule has 2 rings (SSSR count). The number of ether oxygens (including phenoxy) is 2. The highest BCUT2D eigenvalue weighted by Crippen LogP contribution is 2.35. The molecule has 3 atom stereocenters. The Morgan fingerprint density at radius 1 is 1.26 bits per heavy atom. The van der Waals surface area contributed by atoms with Crippen LogP contribution in [0.5, 0.6) is 5.75 Å². The van der Waals surface area contributed by atoms with Crippen molar-refractivity contribution in [1.82, 2.24) is 0 Å². The van der Waals surface area contributed by atoms with Gasteiger partial charge in [0, 0.05) is 5.02 Å². The van der Waals surface area contributed by atoms with Crippen molar-refractivity contribution in [3.63, 3.8) is 0 Å². The van der Waals surface area contributed by atoms with Gasteiger partial charge in [-0.15, -0.1) is 0 Å². The highest BCUT2D eigenvalue weighted by atomic mass is 35.5. The zero-order valence-electron chi connectivity index (χ0n) is 13.4. The predicted octanol–water partition coefficient (Wildman–Crippen LogP) is 4.21. The van der Waals surface area contributed by atoms with E-state index >= 15 is 0 Å². The molecule has 1 fully saturated rings. The van der Waals surface area contributed by atoms with Crippen LogP contribution in [0.4, 0.5) is 0 Å². The van der Waals surface area contributed by atoms with Crippen molar-refractivity contribution in [3.05, 3.63) is 28.2 Å². The Morgan fingerprint density at radius 3 is 2.48 bits per heavy atom. The minimum atomic E-state index is -0.652. The van der Waals surface area contributed by atoms with E-state index in [0.717, 1.165) is 25.7 Å². The maximum atomic E-state index is 11.8. The first-order chi connectivity index (χ1) is 10.9. The van der Waals surface area contributed by atoms with Crippen LogP contribution >= 0.6 is 23.2 Å². The predicted molar refractivity (Wildman–Crippen MR) is 92.0 cm³/mol. The first-order valence-corrected chi connectivity index (χ1v) is 8.72. The van der Waals surface area contributed by atoms with Crippen molar-refractivity contribution in [1.29, 1.82) is 0 Å². The molecule has 0 unspecified atom stereocenters. The maximum Gasteiger partial charge on any atom is 0.323 e. The van der Waals surface area contributed by atoms with Crippen LogP contribution in [0.2, 0.25) is 10.0 Å². The number of hydrogen-bond donors (Lipinski definition) is 1. The summed E-state index contributed by atoms with van der Waals surface area (Å²) >= 11 is 12.1. The van der Waals surface area contributed by atoms with Gasteiger partial charge in [-0.1, -0.05) is 36.0 Å². The third-order valence-corrected chi connectivity index (χ3v) is 4.69. The lowest BCUT2D eigenvalue weighted by molar-refractivity contribution is -0.155. The molecule has 1 aliphatic carbocycles. The lowest BCUT2D eigenvalue weighted by Crippen LogP contribution is -2.41. The van der Waals surface area contributed by atoms with Crippen molar-refractivity contribution in [3.8, 4) is 5.75 Å². The fraction of sp³-hybridized carbons (Fsp3) is 0.588. The molecule has 1 aromatic rings. The van der Waals surface area contributed by atoms with Gasteiger partial charge in [0.2, 0.25) is 0 Å². The summed E-state index contributed by atoms with van der Waals surface area (Å²) in [6, 6.07) is 4.46. The van der Waals surface area contributed by atoms with E-state index in [0.29, 0.717) is 21.7 Å². The first kappa shape index (κ1) is 18.4. The van der Waals surface area contributed by atoms with E-state index in [4.69, 9.17) is 38.4 Å². The van der Waals surface area contributed by atoms with Crippen LogP contribution in [0.3, 0.4) is 0 Å². The fourth-order valence-electron chi connectivity index (χ4n) is 2.94. The van der Waals surface area contributed by atoms with Crippen LogP contribution in [-0.2, 0) is 9.53 Å². The summed E-state index contributed by atoms with van der Waals surface area (Å²) in [5, 5.41) is 1.00. The van der Waals surface area contributed by atoms with E-state index < -0.39 is 18.1 Å². The van der Waals surface area contributed by atoms with Gasteiger partial charge in [-0.05, 0) is 50.8 Å². The van der Waals surface area contributed by atoms with E-state index in [1.54, 1.807) is 25.1 Å². The number of nitrogens with two attached hydrogens (primary N) is 1. The van der Waals surface area contributed by atoms with Crippen LogP contribution in [0.1, 0.15) is 39.5 Å². The Bertz CT molecular complexity index is 545. The van der Waals surface area contributed by atoms with Gasteiger partial charge >= 0.3 is 5.97 Å². The molecule has 0 heterocycles. The lowest BCUT2D eigenvalue weighted by atomic mass is 9.96. The smallest absolute Gasteiger partial charge is 0.323 e. The van der Waals surface area contributed by atoms with Gasteiger partial charge < -0.3 is 15.2 Å². The van der Waals surface area contributed by atoms with Gasteiger partial charge in [0.05, 0.1) is 5.02 Å². The van der Waals surface area contributed by atoms with Crippen LogP contribution in [0.15, 0.2) is 18.2 Å². The van der Waals surface area contributed by atoms with Crippen LogP contribution < -0.4 is 10.5 Å². The second kappa shape index (κ2) is 8.22. The Morgan fingerprint density at radius 2 is 1.91 bits per heavy atom. The van der Waals surface area contributed by atoms with E-state index in [-0.39, 0.29) is 6.10 Å². The Hall–Kier alpha value is -0.970. The average molecular weight is 360 g/mol. The summed E-state index contributed by atoms with van der Waals surface area (Å²) in [4.78, 5) is 11.8. The molecule has 128 valence electrons. The Kier molecular flexibility index (Phi) is 6.57. The SMILES string of the molecule is C[C@H](N)C(=O)O[C@@H](C)[C@H](Oc1ccc(Cl)cc1Cl)C1CCCC1. The summed E-state index contributed by atoms with van der Waals surface area (Å²) in [7, 11) is 0. The Balaban J connectivity index is 2.15. The normalized spacial score (nSPS) is 19.2. The molecule has 6 heteroatoms. The minimum absolute atomic E-state index is 0.251.